The van der Waals surface area contributed by atoms with E-state index in [1.54, 1.807) is 0 Å². The molecule has 2 saturated heterocycles. The van der Waals surface area contributed by atoms with E-state index in [0.717, 1.165) is 63.5 Å². The van der Waals surface area contributed by atoms with Gasteiger partial charge in [-0.3, -0.25) is 10.2 Å². The van der Waals surface area contributed by atoms with Crippen LogP contribution in [0.3, 0.4) is 0 Å². The maximum atomic E-state index is 9.50. The smallest absolute Gasteiger partial charge is 0.318 e. The molecule has 0 spiro atoms. The van der Waals surface area contributed by atoms with Crippen LogP contribution in [0, 0.1) is 11.3 Å². The number of likely N-dealkylation sites (tertiary alicyclic amines) is 1. The van der Waals surface area contributed by atoms with Crippen molar-refractivity contribution in [1.82, 2.24) is 25.1 Å². The second kappa shape index (κ2) is 9.14. The Morgan fingerprint density at radius 1 is 1.18 bits per heavy atom. The van der Waals surface area contributed by atoms with E-state index in [-0.39, 0.29) is 6.04 Å². The second-order valence-corrected chi connectivity index (χ2v) is 10.1. The molecule has 2 aromatic rings. The number of anilines is 1. The van der Waals surface area contributed by atoms with E-state index < -0.39 is 0 Å². The molecule has 8 heteroatoms. The van der Waals surface area contributed by atoms with Crippen molar-refractivity contribution in [2.75, 3.05) is 44.7 Å². The Kier molecular flexibility index (Phi) is 5.85. The van der Waals surface area contributed by atoms with Crippen molar-refractivity contribution in [1.29, 1.82) is 5.26 Å². The van der Waals surface area contributed by atoms with Gasteiger partial charge in [-0.05, 0) is 50.4 Å². The Bertz CT molecular complexity index is 1100. The number of fused-ring (bicyclic) bond motifs is 2. The van der Waals surface area contributed by atoms with Crippen LogP contribution in [0.4, 0.5) is 5.82 Å². The molecule has 3 aliphatic heterocycles. The fourth-order valence-corrected chi connectivity index (χ4v) is 6.09. The van der Waals surface area contributed by atoms with Gasteiger partial charge in [0.05, 0.1) is 11.8 Å². The number of ether oxygens (including phenoxy) is 1. The summed E-state index contributed by atoms with van der Waals surface area (Å²) in [6.07, 6.45) is 4.66. The SMILES string of the molecule is CN1CCCC1COc1nc2c(c(N3CCN[C@@H](C#N)C3)n1)CN(C1CCc3ccccc31)C2. The predicted molar refractivity (Wildman–Crippen MR) is 130 cm³/mol. The fraction of sp³-hybridized carbons (Fsp3) is 0.577. The summed E-state index contributed by atoms with van der Waals surface area (Å²) in [5.41, 5.74) is 5.21. The maximum Gasteiger partial charge on any atom is 0.318 e. The van der Waals surface area contributed by atoms with Gasteiger partial charge in [0.25, 0.3) is 0 Å². The van der Waals surface area contributed by atoms with Crippen LogP contribution in [0.2, 0.25) is 0 Å². The number of nitrogens with one attached hydrogen (secondary N) is 1. The van der Waals surface area contributed by atoms with Gasteiger partial charge >= 0.3 is 6.01 Å². The molecule has 3 atom stereocenters. The minimum absolute atomic E-state index is 0.185. The van der Waals surface area contributed by atoms with Crippen molar-refractivity contribution < 1.29 is 4.74 Å². The summed E-state index contributed by atoms with van der Waals surface area (Å²) < 4.78 is 6.20. The first-order chi connectivity index (χ1) is 16.7. The van der Waals surface area contributed by atoms with Crippen LogP contribution < -0.4 is 15.0 Å². The average Bonchev–Trinajstić information content (AvgIpc) is 3.60. The number of aromatic nitrogens is 2. The minimum atomic E-state index is -0.185. The Morgan fingerprint density at radius 2 is 2.09 bits per heavy atom. The molecule has 0 radical (unpaired) electrons. The van der Waals surface area contributed by atoms with Crippen molar-refractivity contribution >= 4 is 5.82 Å². The van der Waals surface area contributed by atoms with Gasteiger partial charge in [-0.1, -0.05) is 24.3 Å². The van der Waals surface area contributed by atoms with E-state index in [1.165, 1.54) is 23.1 Å². The molecule has 2 unspecified atom stereocenters. The zero-order chi connectivity index (χ0) is 23.1. The molecule has 2 fully saturated rings. The van der Waals surface area contributed by atoms with Gasteiger partial charge in [-0.25, -0.2) is 0 Å². The number of likely N-dealkylation sites (N-methyl/N-ethyl adjacent to an activating group) is 1. The number of piperazine rings is 1. The number of hydrogen-bond acceptors (Lipinski definition) is 8. The lowest BCUT2D eigenvalue weighted by atomic mass is 10.1. The molecule has 6 rings (SSSR count). The zero-order valence-corrected chi connectivity index (χ0v) is 19.9. The molecule has 178 valence electrons. The van der Waals surface area contributed by atoms with Crippen molar-refractivity contribution in [3.8, 4) is 12.1 Å². The number of aryl methyl sites for hydroxylation is 1. The molecule has 1 N–H and O–H groups in total. The van der Waals surface area contributed by atoms with E-state index in [9.17, 15) is 5.26 Å². The topological polar surface area (TPSA) is 80.5 Å². The Hall–Kier alpha value is -2.73. The number of nitrogens with zero attached hydrogens (tertiary/aromatic N) is 6. The van der Waals surface area contributed by atoms with Crippen molar-refractivity contribution in [3.63, 3.8) is 0 Å². The van der Waals surface area contributed by atoms with E-state index in [0.29, 0.717) is 31.2 Å². The van der Waals surface area contributed by atoms with Crippen LogP contribution in [0.5, 0.6) is 6.01 Å². The number of nitriles is 1. The molecule has 1 aromatic heterocycles. The largest absolute Gasteiger partial charge is 0.462 e. The third-order valence-corrected chi connectivity index (χ3v) is 8.01. The van der Waals surface area contributed by atoms with E-state index in [2.05, 4.69) is 57.4 Å². The standard InChI is InChI=1S/C26H33N7O/c1-31-11-4-6-20(31)17-34-26-29-23-16-33(24-9-8-18-5-2-3-7-21(18)24)15-22(23)25(30-26)32-12-10-28-19(13-27)14-32/h2-3,5,7,19-20,24,28H,4,6,8-12,14-17H2,1H3/t19-,20?,24?/m0/s1. The Morgan fingerprint density at radius 3 is 2.94 bits per heavy atom. The van der Waals surface area contributed by atoms with Crippen LogP contribution in [0.15, 0.2) is 24.3 Å². The number of rotatable bonds is 5. The van der Waals surface area contributed by atoms with Gasteiger partial charge in [0, 0.05) is 50.4 Å². The minimum Gasteiger partial charge on any atom is -0.462 e. The quantitative estimate of drug-likeness (QED) is 0.729. The lowest BCUT2D eigenvalue weighted by Crippen LogP contribution is -2.50. The first kappa shape index (κ1) is 21.8. The molecule has 0 saturated carbocycles. The highest BCUT2D eigenvalue weighted by molar-refractivity contribution is 5.53. The van der Waals surface area contributed by atoms with Crippen LogP contribution in [0.1, 0.15) is 47.7 Å². The van der Waals surface area contributed by atoms with E-state index in [1.807, 2.05) is 0 Å². The highest BCUT2D eigenvalue weighted by Gasteiger charge is 2.36. The lowest BCUT2D eigenvalue weighted by Gasteiger charge is -2.32. The van der Waals surface area contributed by atoms with Gasteiger partial charge in [0.15, 0.2) is 0 Å². The Labute approximate surface area is 201 Å². The summed E-state index contributed by atoms with van der Waals surface area (Å²) in [6.45, 7) is 5.65. The molecule has 0 bridgehead atoms. The second-order valence-electron chi connectivity index (χ2n) is 10.1. The summed E-state index contributed by atoms with van der Waals surface area (Å²) in [6, 6.07) is 12.4. The van der Waals surface area contributed by atoms with Crippen LogP contribution in [-0.2, 0) is 19.5 Å². The average molecular weight is 460 g/mol. The van der Waals surface area contributed by atoms with Gasteiger partial charge < -0.3 is 14.5 Å². The predicted octanol–water partition coefficient (Wildman–Crippen LogP) is 2.25. The van der Waals surface area contributed by atoms with Gasteiger partial charge in [0.1, 0.15) is 18.5 Å². The summed E-state index contributed by atoms with van der Waals surface area (Å²) in [4.78, 5) is 17.0. The molecule has 34 heavy (non-hydrogen) atoms. The van der Waals surface area contributed by atoms with Crippen molar-refractivity contribution in [2.45, 2.75) is 56.9 Å². The molecule has 4 heterocycles. The normalized spacial score (nSPS) is 26.9. The monoisotopic (exact) mass is 459 g/mol. The zero-order valence-electron chi connectivity index (χ0n) is 19.9. The molecular weight excluding hydrogens is 426 g/mol. The Balaban J connectivity index is 1.28. The summed E-state index contributed by atoms with van der Waals surface area (Å²) in [7, 11) is 2.16. The maximum absolute atomic E-state index is 9.50. The third kappa shape index (κ3) is 4.02. The summed E-state index contributed by atoms with van der Waals surface area (Å²) >= 11 is 0. The first-order valence-corrected chi connectivity index (χ1v) is 12.6. The first-order valence-electron chi connectivity index (χ1n) is 12.6. The fourth-order valence-electron chi connectivity index (χ4n) is 6.09. The van der Waals surface area contributed by atoms with E-state index in [4.69, 9.17) is 14.7 Å². The van der Waals surface area contributed by atoms with Gasteiger partial charge in [0.2, 0.25) is 0 Å². The lowest BCUT2D eigenvalue weighted by molar-refractivity contribution is 0.186. The highest BCUT2D eigenvalue weighted by Crippen LogP contribution is 2.41. The highest BCUT2D eigenvalue weighted by atomic mass is 16.5. The van der Waals surface area contributed by atoms with Crippen molar-refractivity contribution in [3.05, 3.63) is 46.6 Å². The molecular formula is C26H33N7O. The van der Waals surface area contributed by atoms with Gasteiger partial charge in [-0.2, -0.15) is 15.2 Å². The molecule has 4 aliphatic rings. The number of benzene rings is 1. The van der Waals surface area contributed by atoms with Crippen LogP contribution in [0.25, 0.3) is 0 Å². The van der Waals surface area contributed by atoms with Crippen LogP contribution >= 0.6 is 0 Å². The van der Waals surface area contributed by atoms with Crippen molar-refractivity contribution in [2.24, 2.45) is 0 Å². The molecule has 1 aliphatic carbocycles. The summed E-state index contributed by atoms with van der Waals surface area (Å²) in [5, 5.41) is 12.8. The number of hydrogen-bond donors (Lipinski definition) is 1. The van der Waals surface area contributed by atoms with Crippen LogP contribution in [-0.4, -0.2) is 71.7 Å². The third-order valence-electron chi connectivity index (χ3n) is 8.01. The van der Waals surface area contributed by atoms with E-state index >= 15 is 0 Å². The molecule has 1 aromatic carbocycles. The molecule has 8 nitrogen and oxygen atoms in total. The summed E-state index contributed by atoms with van der Waals surface area (Å²) in [5.74, 6) is 0.954. The van der Waals surface area contributed by atoms with Gasteiger partial charge in [-0.15, -0.1) is 0 Å². The molecule has 0 amide bonds.